The Labute approximate surface area is 95.0 Å². The molecule has 0 atom stereocenters. The maximum atomic E-state index is 10.3. The lowest BCUT2D eigenvalue weighted by Gasteiger charge is -2.01. The summed E-state index contributed by atoms with van der Waals surface area (Å²) in [5.41, 5.74) is 0. The molecule has 0 aliphatic heterocycles. The Bertz CT molecular complexity index is 379. The fourth-order valence-corrected chi connectivity index (χ4v) is 1.37. The maximum Gasteiger partial charge on any atom is 0.283 e. The maximum absolute atomic E-state index is 10.3. The summed E-state index contributed by atoms with van der Waals surface area (Å²) in [6.45, 7) is 1.20. The van der Waals surface area contributed by atoms with E-state index in [9.17, 15) is 4.91 Å². The van der Waals surface area contributed by atoms with Gasteiger partial charge in [-0.3, -0.25) is 0 Å². The highest BCUT2D eigenvalue weighted by Crippen LogP contribution is 1.98. The Morgan fingerprint density at radius 1 is 1.69 bits per heavy atom. The molecule has 0 N–H and O–H groups in total. The van der Waals surface area contributed by atoms with Crippen LogP contribution in [0, 0.1) is 17.3 Å². The normalized spacial score (nSPS) is 10.0. The van der Waals surface area contributed by atoms with E-state index >= 15 is 0 Å². The molecule has 1 rings (SSSR count). The first-order chi connectivity index (χ1) is 7.79. The SMILES string of the molecule is C#CCCCOCn1cc[n+](C)c1CN=O. The number of hydrogen-bond acceptors (Lipinski definition) is 3. The molecule has 0 amide bonds. The Morgan fingerprint density at radius 2 is 2.50 bits per heavy atom. The van der Waals surface area contributed by atoms with Crippen molar-refractivity contribution < 1.29 is 9.30 Å². The van der Waals surface area contributed by atoms with Crippen LogP contribution in [0.15, 0.2) is 17.6 Å². The van der Waals surface area contributed by atoms with Crippen molar-refractivity contribution >= 4 is 0 Å². The summed E-state index contributed by atoms with van der Waals surface area (Å²) in [6.07, 6.45) is 10.4. The largest absolute Gasteiger partial charge is 0.342 e. The summed E-state index contributed by atoms with van der Waals surface area (Å²) in [7, 11) is 1.87. The van der Waals surface area contributed by atoms with Crippen LogP contribution in [0.1, 0.15) is 18.7 Å². The smallest absolute Gasteiger partial charge is 0.283 e. The van der Waals surface area contributed by atoms with Crippen LogP contribution in [0.25, 0.3) is 0 Å². The molecule has 0 unspecified atom stereocenters. The number of ether oxygens (including phenoxy) is 1. The molecule has 0 saturated carbocycles. The van der Waals surface area contributed by atoms with Crippen molar-refractivity contribution in [3.05, 3.63) is 23.1 Å². The van der Waals surface area contributed by atoms with Crippen molar-refractivity contribution in [1.82, 2.24) is 4.57 Å². The van der Waals surface area contributed by atoms with Gasteiger partial charge >= 0.3 is 0 Å². The number of aromatic nitrogens is 2. The molecule has 5 heteroatoms. The Kier molecular flexibility index (Phi) is 5.23. The molecule has 0 aliphatic carbocycles. The third-order valence-corrected chi connectivity index (χ3v) is 2.26. The summed E-state index contributed by atoms with van der Waals surface area (Å²) in [5, 5.41) is 2.88. The highest BCUT2D eigenvalue weighted by molar-refractivity contribution is 4.83. The molecule has 0 aromatic carbocycles. The topological polar surface area (TPSA) is 47.5 Å². The molecular weight excluding hydrogens is 206 g/mol. The van der Waals surface area contributed by atoms with Gasteiger partial charge in [-0.25, -0.2) is 9.13 Å². The first-order valence-corrected chi connectivity index (χ1v) is 5.13. The van der Waals surface area contributed by atoms with Crippen LogP contribution < -0.4 is 4.57 Å². The second-order valence-electron chi connectivity index (χ2n) is 3.43. The lowest BCUT2D eigenvalue weighted by Crippen LogP contribution is -2.32. The summed E-state index contributed by atoms with van der Waals surface area (Å²) < 4.78 is 9.14. The predicted octanol–water partition coefficient (Wildman–Crippen LogP) is 0.966. The molecule has 86 valence electrons. The van der Waals surface area contributed by atoms with Gasteiger partial charge in [-0.15, -0.1) is 12.3 Å². The zero-order valence-corrected chi connectivity index (χ0v) is 9.43. The van der Waals surface area contributed by atoms with E-state index in [1.165, 1.54) is 0 Å². The van der Waals surface area contributed by atoms with Crippen LogP contribution in [0.4, 0.5) is 0 Å². The van der Waals surface area contributed by atoms with Crippen LogP contribution in [-0.2, 0) is 25.1 Å². The highest BCUT2D eigenvalue weighted by Gasteiger charge is 2.13. The van der Waals surface area contributed by atoms with Gasteiger partial charge in [0.05, 0.1) is 13.7 Å². The fraction of sp³-hybridized carbons (Fsp3) is 0.545. The summed E-state index contributed by atoms with van der Waals surface area (Å²) in [6, 6.07) is 0. The van der Waals surface area contributed by atoms with E-state index in [1.54, 1.807) is 0 Å². The fourth-order valence-electron chi connectivity index (χ4n) is 1.37. The quantitative estimate of drug-likeness (QED) is 0.299. The minimum absolute atomic E-state index is 0.150. The molecule has 0 fully saturated rings. The van der Waals surface area contributed by atoms with Gasteiger partial charge in [-0.2, -0.15) is 4.91 Å². The third-order valence-electron chi connectivity index (χ3n) is 2.26. The van der Waals surface area contributed by atoms with E-state index < -0.39 is 0 Å². The van der Waals surface area contributed by atoms with Crippen LogP contribution in [-0.4, -0.2) is 11.2 Å². The minimum atomic E-state index is 0.150. The van der Waals surface area contributed by atoms with Gasteiger partial charge in [0, 0.05) is 6.42 Å². The molecule has 1 heterocycles. The Hall–Kier alpha value is -1.67. The highest BCUT2D eigenvalue weighted by atomic mass is 16.5. The van der Waals surface area contributed by atoms with Crippen LogP contribution in [0.3, 0.4) is 0 Å². The van der Waals surface area contributed by atoms with E-state index in [2.05, 4.69) is 11.1 Å². The van der Waals surface area contributed by atoms with Gasteiger partial charge in [0.1, 0.15) is 12.4 Å². The molecule has 0 spiro atoms. The van der Waals surface area contributed by atoms with Crippen LogP contribution in [0.5, 0.6) is 0 Å². The van der Waals surface area contributed by atoms with Gasteiger partial charge in [-0.1, -0.05) is 5.18 Å². The third kappa shape index (κ3) is 3.48. The van der Waals surface area contributed by atoms with E-state index in [0.29, 0.717) is 13.3 Å². The molecule has 0 saturated heterocycles. The molecule has 0 radical (unpaired) electrons. The van der Waals surface area contributed by atoms with Crippen molar-refractivity contribution in [3.8, 4) is 12.3 Å². The second kappa shape index (κ2) is 6.75. The molecule has 16 heavy (non-hydrogen) atoms. The number of nitroso groups, excluding NO2 is 1. The van der Waals surface area contributed by atoms with E-state index in [0.717, 1.165) is 18.7 Å². The number of terminal acetylenes is 1. The lowest BCUT2D eigenvalue weighted by atomic mass is 10.3. The first-order valence-electron chi connectivity index (χ1n) is 5.13. The van der Waals surface area contributed by atoms with Crippen molar-refractivity contribution in [3.63, 3.8) is 0 Å². The van der Waals surface area contributed by atoms with Crippen molar-refractivity contribution in [2.24, 2.45) is 12.2 Å². The average Bonchev–Trinajstić information content (AvgIpc) is 2.62. The molecule has 1 aromatic rings. The number of hydrogen-bond donors (Lipinski definition) is 0. The number of rotatable bonds is 7. The lowest BCUT2D eigenvalue weighted by molar-refractivity contribution is -0.679. The molecule has 5 nitrogen and oxygen atoms in total. The first kappa shape index (κ1) is 12.4. The number of nitrogens with zero attached hydrogens (tertiary/aromatic N) is 3. The summed E-state index contributed by atoms with van der Waals surface area (Å²) in [4.78, 5) is 10.3. The molecule has 0 bridgehead atoms. The predicted molar refractivity (Wildman–Crippen MR) is 59.1 cm³/mol. The van der Waals surface area contributed by atoms with Crippen LogP contribution in [0.2, 0.25) is 0 Å². The average molecular weight is 222 g/mol. The molecule has 0 aliphatic rings. The zero-order valence-electron chi connectivity index (χ0n) is 9.43. The van der Waals surface area contributed by atoms with Gasteiger partial charge in [0.15, 0.2) is 13.3 Å². The van der Waals surface area contributed by atoms with Gasteiger partial charge in [-0.05, 0) is 6.42 Å². The van der Waals surface area contributed by atoms with Crippen LogP contribution >= 0.6 is 0 Å². The van der Waals surface area contributed by atoms with E-state index in [4.69, 9.17) is 11.2 Å². The Balaban J connectivity index is 2.41. The number of unbranched alkanes of at least 4 members (excludes halogenated alkanes) is 1. The van der Waals surface area contributed by atoms with E-state index in [-0.39, 0.29) is 6.54 Å². The van der Waals surface area contributed by atoms with E-state index in [1.807, 2.05) is 28.6 Å². The molecular formula is C11H16N3O2+. The minimum Gasteiger partial charge on any atom is -0.342 e. The number of aryl methyl sites for hydroxylation is 1. The summed E-state index contributed by atoms with van der Waals surface area (Å²) in [5.74, 6) is 3.38. The van der Waals surface area contributed by atoms with Gasteiger partial charge < -0.3 is 4.74 Å². The number of imidazole rings is 1. The van der Waals surface area contributed by atoms with Crippen molar-refractivity contribution in [1.29, 1.82) is 0 Å². The Morgan fingerprint density at radius 3 is 3.19 bits per heavy atom. The standard InChI is InChI=1S/C11H16N3O2/c1-3-4-5-8-16-10-14-7-6-13(2)11(14)9-12-15/h1,6-7H,4-5,8-10H2,2H3/q+1. The monoisotopic (exact) mass is 222 g/mol. The zero-order chi connectivity index (χ0) is 11.8. The second-order valence-corrected chi connectivity index (χ2v) is 3.43. The summed E-state index contributed by atoms with van der Waals surface area (Å²) >= 11 is 0. The molecule has 1 aromatic heterocycles. The van der Waals surface area contributed by atoms with Crippen molar-refractivity contribution in [2.75, 3.05) is 6.61 Å². The van der Waals surface area contributed by atoms with Gasteiger partial charge in [0.25, 0.3) is 5.82 Å². The van der Waals surface area contributed by atoms with Crippen molar-refractivity contribution in [2.45, 2.75) is 26.1 Å². The van der Waals surface area contributed by atoms with Gasteiger partial charge in [0.2, 0.25) is 0 Å².